The number of rotatable bonds is 4. The molecule has 1 atom stereocenters. The standard InChI is InChI=1S/C15H20N2O4S/c18-15(17-8-1-2-9-17)12-3-5-14(6-4-12)22(19,20)16-13-7-10-21-11-13/h3-6,13,16H,1-2,7-11H2. The van der Waals surface area contributed by atoms with Crippen LogP contribution in [0.1, 0.15) is 29.6 Å². The molecule has 1 unspecified atom stereocenters. The highest BCUT2D eigenvalue weighted by Gasteiger charge is 2.24. The number of amides is 1. The molecule has 3 rings (SSSR count). The summed E-state index contributed by atoms with van der Waals surface area (Å²) in [6.07, 6.45) is 2.75. The maximum atomic E-state index is 12.3. The summed E-state index contributed by atoms with van der Waals surface area (Å²) in [6, 6.07) is 5.97. The molecule has 6 nitrogen and oxygen atoms in total. The molecular weight excluding hydrogens is 304 g/mol. The summed E-state index contributed by atoms with van der Waals surface area (Å²) >= 11 is 0. The van der Waals surface area contributed by atoms with E-state index in [-0.39, 0.29) is 16.8 Å². The third-order valence-electron chi connectivity index (χ3n) is 4.06. The Morgan fingerprint density at radius 3 is 2.45 bits per heavy atom. The molecule has 0 aliphatic carbocycles. The lowest BCUT2D eigenvalue weighted by molar-refractivity contribution is 0.0792. The second-order valence-corrected chi connectivity index (χ2v) is 7.42. The fraction of sp³-hybridized carbons (Fsp3) is 0.533. The maximum Gasteiger partial charge on any atom is 0.253 e. The summed E-state index contributed by atoms with van der Waals surface area (Å²) in [5, 5.41) is 0. The molecule has 22 heavy (non-hydrogen) atoms. The smallest absolute Gasteiger partial charge is 0.253 e. The van der Waals surface area contributed by atoms with E-state index in [1.54, 1.807) is 17.0 Å². The highest BCUT2D eigenvalue weighted by atomic mass is 32.2. The Balaban J connectivity index is 1.71. The van der Waals surface area contributed by atoms with Crippen LogP contribution in [0.4, 0.5) is 0 Å². The topological polar surface area (TPSA) is 75.7 Å². The lowest BCUT2D eigenvalue weighted by atomic mass is 10.2. The van der Waals surface area contributed by atoms with Gasteiger partial charge in [-0.3, -0.25) is 4.79 Å². The Hall–Kier alpha value is -1.44. The molecule has 2 fully saturated rings. The van der Waals surface area contributed by atoms with Crippen LogP contribution in [0.5, 0.6) is 0 Å². The minimum atomic E-state index is -3.56. The molecule has 2 heterocycles. The van der Waals surface area contributed by atoms with Crippen molar-refractivity contribution < 1.29 is 17.9 Å². The molecule has 7 heteroatoms. The summed E-state index contributed by atoms with van der Waals surface area (Å²) in [5.74, 6) is -0.0291. The van der Waals surface area contributed by atoms with Crippen molar-refractivity contribution in [1.82, 2.24) is 9.62 Å². The van der Waals surface area contributed by atoms with Gasteiger partial charge in [0.1, 0.15) is 0 Å². The zero-order valence-corrected chi connectivity index (χ0v) is 13.1. The van der Waals surface area contributed by atoms with Crippen molar-refractivity contribution in [3.8, 4) is 0 Å². The van der Waals surface area contributed by atoms with Gasteiger partial charge < -0.3 is 9.64 Å². The van der Waals surface area contributed by atoms with Crippen molar-refractivity contribution in [2.45, 2.75) is 30.2 Å². The first kappa shape index (κ1) is 15.5. The Labute approximate surface area is 130 Å². The first-order valence-corrected chi connectivity index (χ1v) is 9.04. The number of carbonyl (C=O) groups excluding carboxylic acids is 1. The first-order chi connectivity index (χ1) is 10.6. The van der Waals surface area contributed by atoms with E-state index in [2.05, 4.69) is 4.72 Å². The number of ether oxygens (including phenoxy) is 1. The number of hydrogen-bond donors (Lipinski definition) is 1. The van der Waals surface area contributed by atoms with E-state index in [4.69, 9.17) is 4.74 Å². The molecule has 2 saturated heterocycles. The quantitative estimate of drug-likeness (QED) is 0.896. The lowest BCUT2D eigenvalue weighted by Crippen LogP contribution is -2.35. The van der Waals surface area contributed by atoms with E-state index < -0.39 is 10.0 Å². The van der Waals surface area contributed by atoms with Crippen LogP contribution in [0, 0.1) is 0 Å². The number of sulfonamides is 1. The average molecular weight is 324 g/mol. The predicted octanol–water partition coefficient (Wildman–Crippen LogP) is 0.990. The van der Waals surface area contributed by atoms with Crippen molar-refractivity contribution in [3.05, 3.63) is 29.8 Å². The van der Waals surface area contributed by atoms with E-state index in [9.17, 15) is 13.2 Å². The molecule has 1 aromatic rings. The van der Waals surface area contributed by atoms with E-state index in [0.29, 0.717) is 25.2 Å². The molecule has 2 aliphatic heterocycles. The fourth-order valence-corrected chi connectivity index (χ4v) is 4.05. The summed E-state index contributed by atoms with van der Waals surface area (Å²) < 4.78 is 32.3. The summed E-state index contributed by atoms with van der Waals surface area (Å²) in [7, 11) is -3.56. The number of hydrogen-bond acceptors (Lipinski definition) is 4. The van der Waals surface area contributed by atoms with E-state index in [1.165, 1.54) is 12.1 Å². The SMILES string of the molecule is O=C(c1ccc(S(=O)(=O)NC2CCOC2)cc1)N1CCCC1. The highest BCUT2D eigenvalue weighted by molar-refractivity contribution is 7.89. The molecule has 0 radical (unpaired) electrons. The minimum Gasteiger partial charge on any atom is -0.380 e. The van der Waals surface area contributed by atoms with Gasteiger partial charge in [0.05, 0.1) is 11.5 Å². The fourth-order valence-electron chi connectivity index (χ4n) is 2.79. The normalized spacial score (nSPS) is 22.2. The molecular formula is C15H20N2O4S. The van der Waals surface area contributed by atoms with Gasteiger partial charge in [0.2, 0.25) is 10.0 Å². The largest absolute Gasteiger partial charge is 0.380 e. The molecule has 0 aromatic heterocycles. The van der Waals surface area contributed by atoms with Gasteiger partial charge in [0.15, 0.2) is 0 Å². The van der Waals surface area contributed by atoms with Gasteiger partial charge in [-0.2, -0.15) is 0 Å². The van der Waals surface area contributed by atoms with Gasteiger partial charge in [-0.25, -0.2) is 13.1 Å². The van der Waals surface area contributed by atoms with Crippen LogP contribution in [0.15, 0.2) is 29.2 Å². The van der Waals surface area contributed by atoms with Crippen molar-refractivity contribution in [3.63, 3.8) is 0 Å². The second kappa shape index (κ2) is 6.36. The van der Waals surface area contributed by atoms with Gasteiger partial charge in [-0.15, -0.1) is 0 Å². The van der Waals surface area contributed by atoms with Crippen molar-refractivity contribution in [2.75, 3.05) is 26.3 Å². The number of nitrogens with zero attached hydrogens (tertiary/aromatic N) is 1. The Morgan fingerprint density at radius 1 is 1.18 bits per heavy atom. The van der Waals surface area contributed by atoms with Gasteiger partial charge in [0, 0.05) is 31.3 Å². The third kappa shape index (κ3) is 3.31. The maximum absolute atomic E-state index is 12.3. The van der Waals surface area contributed by atoms with E-state index in [1.807, 2.05) is 0 Å². The van der Waals surface area contributed by atoms with Crippen LogP contribution in [0.2, 0.25) is 0 Å². The molecule has 1 aromatic carbocycles. The van der Waals surface area contributed by atoms with Crippen LogP contribution in [0.25, 0.3) is 0 Å². The van der Waals surface area contributed by atoms with Crippen LogP contribution >= 0.6 is 0 Å². The molecule has 2 aliphatic rings. The van der Waals surface area contributed by atoms with Gasteiger partial charge in [-0.05, 0) is 43.5 Å². The Kier molecular flexibility index (Phi) is 4.46. The molecule has 0 bridgehead atoms. The zero-order chi connectivity index (χ0) is 15.6. The van der Waals surface area contributed by atoms with Gasteiger partial charge >= 0.3 is 0 Å². The molecule has 1 amide bonds. The molecule has 0 saturated carbocycles. The predicted molar refractivity (Wildman–Crippen MR) is 81.1 cm³/mol. The van der Waals surface area contributed by atoms with Crippen LogP contribution in [-0.4, -0.2) is 51.6 Å². The summed E-state index contributed by atoms with van der Waals surface area (Å²) in [5.41, 5.74) is 0.532. The Morgan fingerprint density at radius 2 is 1.86 bits per heavy atom. The van der Waals surface area contributed by atoms with Crippen molar-refractivity contribution in [2.24, 2.45) is 0 Å². The van der Waals surface area contributed by atoms with Crippen molar-refractivity contribution in [1.29, 1.82) is 0 Å². The number of nitrogens with one attached hydrogen (secondary N) is 1. The molecule has 0 spiro atoms. The third-order valence-corrected chi connectivity index (χ3v) is 5.59. The van der Waals surface area contributed by atoms with Crippen LogP contribution < -0.4 is 4.72 Å². The van der Waals surface area contributed by atoms with E-state index >= 15 is 0 Å². The van der Waals surface area contributed by atoms with Crippen LogP contribution in [0.3, 0.4) is 0 Å². The molecule has 1 N–H and O–H groups in total. The number of benzene rings is 1. The number of carbonyl (C=O) groups is 1. The second-order valence-electron chi connectivity index (χ2n) is 5.71. The number of likely N-dealkylation sites (tertiary alicyclic amines) is 1. The monoisotopic (exact) mass is 324 g/mol. The summed E-state index contributed by atoms with van der Waals surface area (Å²) in [6.45, 7) is 2.55. The molecule has 120 valence electrons. The Bertz CT molecular complexity index is 630. The first-order valence-electron chi connectivity index (χ1n) is 7.56. The highest BCUT2D eigenvalue weighted by Crippen LogP contribution is 2.16. The lowest BCUT2D eigenvalue weighted by Gasteiger charge is -2.15. The zero-order valence-electron chi connectivity index (χ0n) is 12.3. The van der Waals surface area contributed by atoms with Crippen molar-refractivity contribution >= 4 is 15.9 Å². The van der Waals surface area contributed by atoms with Crippen LogP contribution in [-0.2, 0) is 14.8 Å². The summed E-state index contributed by atoms with van der Waals surface area (Å²) in [4.78, 5) is 14.2. The average Bonchev–Trinajstić information content (AvgIpc) is 3.19. The van der Waals surface area contributed by atoms with Gasteiger partial charge in [0.25, 0.3) is 5.91 Å². The van der Waals surface area contributed by atoms with Gasteiger partial charge in [-0.1, -0.05) is 0 Å². The minimum absolute atomic E-state index is 0.0291. The van der Waals surface area contributed by atoms with E-state index in [0.717, 1.165) is 25.9 Å².